The molecule has 0 saturated carbocycles. The molecule has 0 radical (unpaired) electrons. The molecule has 0 bridgehead atoms. The number of hydrogen-bond donors (Lipinski definition) is 2. The molecule has 0 atom stereocenters. The predicted octanol–water partition coefficient (Wildman–Crippen LogP) is 2.52. The van der Waals surface area contributed by atoms with Gasteiger partial charge < -0.3 is 10.1 Å². The van der Waals surface area contributed by atoms with Crippen molar-refractivity contribution in [1.29, 1.82) is 0 Å². The number of sulfonamides is 2. The van der Waals surface area contributed by atoms with Crippen molar-refractivity contribution in [3.63, 3.8) is 0 Å². The Morgan fingerprint density at radius 1 is 0.943 bits per heavy atom. The second kappa shape index (κ2) is 11.0. The van der Waals surface area contributed by atoms with Gasteiger partial charge in [0, 0.05) is 12.2 Å². The number of nitrogens with two attached hydrogens (primary N) is 1. The molecule has 11 heteroatoms. The first kappa shape index (κ1) is 26.4. The highest BCUT2D eigenvalue weighted by Crippen LogP contribution is 2.24. The number of nitrogens with zero attached hydrogens (tertiary/aromatic N) is 1. The van der Waals surface area contributed by atoms with E-state index >= 15 is 0 Å². The van der Waals surface area contributed by atoms with E-state index in [0.717, 1.165) is 9.87 Å². The smallest absolute Gasteiger partial charge is 0.243 e. The molecule has 3 rings (SSSR count). The lowest BCUT2D eigenvalue weighted by Crippen LogP contribution is -2.39. The van der Waals surface area contributed by atoms with Gasteiger partial charge in [-0.05, 0) is 66.9 Å². The molecule has 0 fully saturated rings. The highest BCUT2D eigenvalue weighted by atomic mass is 32.2. The summed E-state index contributed by atoms with van der Waals surface area (Å²) in [7, 11) is -6.38. The van der Waals surface area contributed by atoms with Crippen molar-refractivity contribution < 1.29 is 26.4 Å². The van der Waals surface area contributed by atoms with Crippen LogP contribution in [0.1, 0.15) is 11.1 Å². The number of nitrogens with one attached hydrogen (secondary N) is 1. The van der Waals surface area contributed by atoms with Crippen molar-refractivity contribution in [2.24, 2.45) is 5.14 Å². The highest BCUT2D eigenvalue weighted by molar-refractivity contribution is 7.89. The third-order valence-electron chi connectivity index (χ3n) is 5.28. The molecule has 0 aromatic heterocycles. The van der Waals surface area contributed by atoms with Crippen LogP contribution >= 0.6 is 0 Å². The lowest BCUT2D eigenvalue weighted by atomic mass is 10.1. The summed E-state index contributed by atoms with van der Waals surface area (Å²) in [5.41, 5.74) is 1.89. The van der Waals surface area contributed by atoms with Crippen molar-refractivity contribution in [2.75, 3.05) is 25.5 Å². The summed E-state index contributed by atoms with van der Waals surface area (Å²) < 4.78 is 56.1. The maximum Gasteiger partial charge on any atom is 0.243 e. The molecule has 3 aromatic carbocycles. The van der Waals surface area contributed by atoms with Gasteiger partial charge in [0.25, 0.3) is 0 Å². The minimum atomic E-state index is -4.01. The number of carbonyl (C=O) groups is 1. The number of anilines is 1. The number of benzene rings is 3. The van der Waals surface area contributed by atoms with E-state index in [2.05, 4.69) is 5.32 Å². The molecule has 3 N–H and O–H groups in total. The van der Waals surface area contributed by atoms with Crippen LogP contribution in [0.2, 0.25) is 0 Å². The summed E-state index contributed by atoms with van der Waals surface area (Å²) >= 11 is 0. The van der Waals surface area contributed by atoms with Crippen molar-refractivity contribution >= 4 is 31.6 Å². The minimum absolute atomic E-state index is 0.0502. The Bertz CT molecular complexity index is 1390. The normalized spacial score (nSPS) is 11.9. The van der Waals surface area contributed by atoms with Gasteiger partial charge in [0.1, 0.15) is 5.75 Å². The van der Waals surface area contributed by atoms with Gasteiger partial charge in [0.15, 0.2) is 0 Å². The molecular weight excluding hydrogens is 490 g/mol. The van der Waals surface area contributed by atoms with Crippen molar-refractivity contribution in [3.8, 4) is 5.75 Å². The topological polar surface area (TPSA) is 136 Å². The number of carbonyl (C=O) groups excluding carboxylic acids is 1. The molecule has 0 unspecified atom stereocenters. The second-order valence-electron chi connectivity index (χ2n) is 7.82. The van der Waals surface area contributed by atoms with E-state index < -0.39 is 32.5 Å². The molecule has 1 amide bonds. The summed E-state index contributed by atoms with van der Waals surface area (Å²) in [6, 6.07) is 19.2. The van der Waals surface area contributed by atoms with Crippen LogP contribution in [0, 0.1) is 6.92 Å². The van der Waals surface area contributed by atoms with Crippen molar-refractivity contribution in [1.82, 2.24) is 4.31 Å². The Morgan fingerprint density at radius 3 is 2.14 bits per heavy atom. The van der Waals surface area contributed by atoms with Gasteiger partial charge in [-0.15, -0.1) is 0 Å². The summed E-state index contributed by atoms with van der Waals surface area (Å²) in [4.78, 5) is 12.7. The molecule has 35 heavy (non-hydrogen) atoms. The molecular formula is C24H27N3O6S2. The molecule has 0 spiro atoms. The lowest BCUT2D eigenvalue weighted by molar-refractivity contribution is -0.116. The van der Waals surface area contributed by atoms with E-state index in [1.807, 2.05) is 30.3 Å². The summed E-state index contributed by atoms with van der Waals surface area (Å²) in [6.07, 6.45) is 0.408. The minimum Gasteiger partial charge on any atom is -0.496 e. The van der Waals surface area contributed by atoms with Crippen LogP contribution in [0.4, 0.5) is 5.69 Å². The van der Waals surface area contributed by atoms with E-state index in [4.69, 9.17) is 9.88 Å². The van der Waals surface area contributed by atoms with E-state index in [1.54, 1.807) is 13.0 Å². The summed E-state index contributed by atoms with van der Waals surface area (Å²) in [6.45, 7) is 1.39. The number of aryl methyl sites for hydroxylation is 1. The van der Waals surface area contributed by atoms with Crippen molar-refractivity contribution in [3.05, 3.63) is 83.9 Å². The third-order valence-corrected chi connectivity index (χ3v) is 8.05. The van der Waals surface area contributed by atoms with Crippen LogP contribution < -0.4 is 15.2 Å². The molecule has 9 nitrogen and oxygen atoms in total. The van der Waals surface area contributed by atoms with Gasteiger partial charge >= 0.3 is 0 Å². The maximum atomic E-state index is 13.5. The van der Waals surface area contributed by atoms with Crippen LogP contribution in [0.25, 0.3) is 0 Å². The molecule has 0 aliphatic rings. The van der Waals surface area contributed by atoms with Crippen LogP contribution in [-0.4, -0.2) is 47.2 Å². The Labute approximate surface area is 205 Å². The van der Waals surface area contributed by atoms with Gasteiger partial charge in [-0.3, -0.25) is 4.79 Å². The zero-order valence-electron chi connectivity index (χ0n) is 19.3. The van der Waals surface area contributed by atoms with E-state index in [0.29, 0.717) is 23.4 Å². The quantitative estimate of drug-likeness (QED) is 0.424. The second-order valence-corrected chi connectivity index (χ2v) is 11.3. The zero-order chi connectivity index (χ0) is 25.6. The van der Waals surface area contributed by atoms with Gasteiger partial charge in [-0.25, -0.2) is 22.0 Å². The Hall–Kier alpha value is -3.25. The monoisotopic (exact) mass is 517 g/mol. The largest absolute Gasteiger partial charge is 0.496 e. The van der Waals surface area contributed by atoms with Crippen LogP contribution in [0.3, 0.4) is 0 Å². The number of primary sulfonamides is 1. The number of ether oxygens (including phenoxy) is 1. The van der Waals surface area contributed by atoms with Gasteiger partial charge in [0.2, 0.25) is 26.0 Å². The number of hydrogen-bond acceptors (Lipinski definition) is 6. The fourth-order valence-electron chi connectivity index (χ4n) is 3.43. The standard InChI is InChI=1S/C24H27N3O6S2/c1-18-16-22(12-13-23(18)33-2)35(31,32)27(15-14-19-6-4-3-5-7-19)17-24(28)26-20-8-10-21(11-9-20)34(25,29)30/h3-13,16H,14-15,17H2,1-2H3,(H,26,28)(H2,25,29,30). The van der Waals surface area contributed by atoms with Crippen LogP contribution in [0.5, 0.6) is 5.75 Å². The van der Waals surface area contributed by atoms with E-state index in [-0.39, 0.29) is 16.3 Å². The van der Waals surface area contributed by atoms with Gasteiger partial charge in [-0.1, -0.05) is 30.3 Å². The van der Waals surface area contributed by atoms with E-state index in [9.17, 15) is 21.6 Å². The summed E-state index contributed by atoms with van der Waals surface area (Å²) in [5, 5.41) is 7.69. The zero-order valence-corrected chi connectivity index (χ0v) is 21.0. The molecule has 0 saturated heterocycles. The average molecular weight is 518 g/mol. The Morgan fingerprint density at radius 2 is 1.57 bits per heavy atom. The number of rotatable bonds is 10. The number of methoxy groups -OCH3 is 1. The first-order valence-corrected chi connectivity index (χ1v) is 13.6. The molecule has 0 heterocycles. The lowest BCUT2D eigenvalue weighted by Gasteiger charge is -2.22. The van der Waals surface area contributed by atoms with Gasteiger partial charge in [-0.2, -0.15) is 4.31 Å². The molecule has 3 aromatic rings. The maximum absolute atomic E-state index is 13.5. The van der Waals surface area contributed by atoms with Gasteiger partial charge in [0.05, 0.1) is 23.4 Å². The Kier molecular flexibility index (Phi) is 8.28. The highest BCUT2D eigenvalue weighted by Gasteiger charge is 2.27. The average Bonchev–Trinajstić information content (AvgIpc) is 2.82. The SMILES string of the molecule is COc1ccc(S(=O)(=O)N(CCc2ccccc2)CC(=O)Nc2ccc(S(N)(=O)=O)cc2)cc1C. The fraction of sp³-hybridized carbons (Fsp3) is 0.208. The van der Waals surface area contributed by atoms with Crippen LogP contribution in [-0.2, 0) is 31.3 Å². The van der Waals surface area contributed by atoms with Crippen molar-refractivity contribution in [2.45, 2.75) is 23.1 Å². The third kappa shape index (κ3) is 6.89. The van der Waals surface area contributed by atoms with Crippen LogP contribution in [0.15, 0.2) is 82.6 Å². The van der Waals surface area contributed by atoms with E-state index in [1.165, 1.54) is 43.5 Å². The fourth-order valence-corrected chi connectivity index (χ4v) is 5.43. The first-order chi connectivity index (χ1) is 16.5. The Balaban J connectivity index is 1.83. The predicted molar refractivity (Wildman–Crippen MR) is 133 cm³/mol. The molecule has 0 aliphatic carbocycles. The molecule has 186 valence electrons. The molecule has 0 aliphatic heterocycles. The summed E-state index contributed by atoms with van der Waals surface area (Å²) in [5.74, 6) is -0.0179. The number of amides is 1. The first-order valence-electron chi connectivity index (χ1n) is 10.6.